The fraction of sp³-hybridized carbons (Fsp3) is 0.375. The maximum absolute atomic E-state index is 11.6. The van der Waals surface area contributed by atoms with E-state index in [1.54, 1.807) is 16.8 Å². The van der Waals surface area contributed by atoms with Gasteiger partial charge < -0.3 is 19.9 Å². The molecule has 36 heavy (non-hydrogen) atoms. The smallest absolute Gasteiger partial charge is 0.326 e. The van der Waals surface area contributed by atoms with Crippen molar-refractivity contribution in [2.24, 2.45) is 4.99 Å². The van der Waals surface area contributed by atoms with E-state index >= 15 is 0 Å². The number of aliphatic hydroxyl groups is 1. The molecule has 1 aliphatic heterocycles. The van der Waals surface area contributed by atoms with Crippen molar-refractivity contribution in [2.45, 2.75) is 44.2 Å². The van der Waals surface area contributed by atoms with Crippen LogP contribution < -0.4 is 16.4 Å². The molecular weight excluding hydrogens is 482 g/mol. The lowest BCUT2D eigenvalue weighted by molar-refractivity contribution is -0.112. The van der Waals surface area contributed by atoms with E-state index in [9.17, 15) is 15.0 Å². The topological polar surface area (TPSA) is 144 Å². The number of nitrogens with one attached hydrogen (secondary N) is 2. The second-order valence-corrected chi connectivity index (χ2v) is 10.3. The molecule has 2 fully saturated rings. The zero-order chi connectivity index (χ0) is 25.0. The quantitative estimate of drug-likeness (QED) is 0.291. The van der Waals surface area contributed by atoms with E-state index in [1.165, 1.54) is 11.3 Å². The highest BCUT2D eigenvalue weighted by Crippen LogP contribution is 2.31. The summed E-state index contributed by atoms with van der Waals surface area (Å²) in [5.74, 6) is -0.253. The van der Waals surface area contributed by atoms with Gasteiger partial charge in [0.05, 0.1) is 37.5 Å². The first-order chi connectivity index (χ1) is 17.3. The number of fused-ring (bicyclic) bond motifs is 1. The monoisotopic (exact) mass is 508 g/mol. The van der Waals surface area contributed by atoms with Gasteiger partial charge in [-0.2, -0.15) is 9.61 Å². The molecule has 0 amide bonds. The van der Waals surface area contributed by atoms with E-state index in [4.69, 9.17) is 14.7 Å². The predicted octanol–water partition coefficient (Wildman–Crippen LogP) is 0.705. The lowest BCUT2D eigenvalue weighted by Gasteiger charge is -2.35. The first kappa shape index (κ1) is 23.0. The molecule has 4 N–H and O–H groups in total. The van der Waals surface area contributed by atoms with Crippen LogP contribution in [0.1, 0.15) is 36.6 Å². The Balaban J connectivity index is 1.42. The summed E-state index contributed by atoms with van der Waals surface area (Å²) in [6.07, 6.45) is 4.37. The Kier molecular flexibility index (Phi) is 5.67. The molecule has 4 aromatic rings. The van der Waals surface area contributed by atoms with E-state index in [-0.39, 0.29) is 29.8 Å². The van der Waals surface area contributed by atoms with Crippen LogP contribution in [0.2, 0.25) is 0 Å². The van der Waals surface area contributed by atoms with Gasteiger partial charge in [0, 0.05) is 33.7 Å². The fourth-order valence-corrected chi connectivity index (χ4v) is 5.34. The molecule has 4 aromatic heterocycles. The van der Waals surface area contributed by atoms with Crippen LogP contribution in [0.3, 0.4) is 0 Å². The minimum Gasteiger partial charge on any atom is -0.493 e. The van der Waals surface area contributed by atoms with Crippen molar-refractivity contribution in [3.8, 4) is 17.1 Å². The number of aromatic amines is 2. The summed E-state index contributed by atoms with van der Waals surface area (Å²) >= 11 is 1.47. The molecule has 0 aromatic carbocycles. The molecule has 5 heterocycles. The Hall–Kier alpha value is -3.45. The first-order valence-electron chi connectivity index (χ1n) is 11.8. The summed E-state index contributed by atoms with van der Waals surface area (Å²) in [7, 11) is 0. The van der Waals surface area contributed by atoms with E-state index in [2.05, 4.69) is 22.0 Å². The fourth-order valence-electron chi connectivity index (χ4n) is 4.43. The van der Waals surface area contributed by atoms with Gasteiger partial charge in [-0.25, -0.2) is 9.78 Å². The van der Waals surface area contributed by atoms with E-state index in [0.29, 0.717) is 35.1 Å². The van der Waals surface area contributed by atoms with Crippen molar-refractivity contribution in [3.63, 3.8) is 0 Å². The summed E-state index contributed by atoms with van der Waals surface area (Å²) in [6.45, 7) is 7.15. The Morgan fingerprint density at radius 1 is 1.33 bits per heavy atom. The van der Waals surface area contributed by atoms with Crippen molar-refractivity contribution in [2.75, 3.05) is 13.1 Å². The van der Waals surface area contributed by atoms with E-state index in [0.717, 1.165) is 23.3 Å². The van der Waals surface area contributed by atoms with Gasteiger partial charge in [-0.15, -0.1) is 11.3 Å². The largest absolute Gasteiger partial charge is 0.493 e. The number of rotatable bonds is 5. The zero-order valence-electron chi connectivity index (χ0n) is 19.6. The summed E-state index contributed by atoms with van der Waals surface area (Å²) in [4.78, 5) is 28.9. The summed E-state index contributed by atoms with van der Waals surface area (Å²) in [6, 6.07) is 4.12. The van der Waals surface area contributed by atoms with E-state index in [1.807, 2.05) is 29.3 Å². The standard InChI is InChI=1S/C24H25N7O4S/c1-12-9-30(10-13(2)35-12)23(33)19-6-15(11-36-19)17-7-20(26-16-3-4-16)31-21(27-17)14(8-25-31)5-18-22(32)29-24(34)28-18/h5-8,11-13,16,23,33H,1,3-4,9-10H2,2H3,(H2-,25,26,27,28,29,32,34)/p+1. The molecular formula is C24H26N7O4S+. The molecule has 3 atom stereocenters. The highest BCUT2D eigenvalue weighted by atomic mass is 32.1. The average Bonchev–Trinajstić information content (AvgIpc) is 3.22. The molecule has 11 nitrogen and oxygen atoms in total. The molecule has 6 rings (SSSR count). The minimum atomic E-state index is -0.758. The maximum Gasteiger partial charge on any atom is 0.326 e. The number of hydrogen-bond acceptors (Lipinski definition) is 9. The van der Waals surface area contributed by atoms with Gasteiger partial charge in [0.25, 0.3) is 0 Å². The molecule has 3 unspecified atom stereocenters. The van der Waals surface area contributed by atoms with Crippen LogP contribution in [0.4, 0.5) is 0 Å². The number of thiophene rings is 1. The normalized spacial score (nSPS) is 23.1. The Bertz CT molecular complexity index is 1590. The van der Waals surface area contributed by atoms with Crippen LogP contribution in [0.15, 0.2) is 33.5 Å². The number of aromatic nitrogens is 5. The molecule has 1 saturated carbocycles. The third-order valence-corrected chi connectivity index (χ3v) is 7.22. The van der Waals surface area contributed by atoms with Crippen molar-refractivity contribution in [1.29, 1.82) is 0 Å². The molecule has 12 heteroatoms. The van der Waals surface area contributed by atoms with Crippen LogP contribution in [0.5, 0.6) is 5.88 Å². The number of imidazole rings is 1. The summed E-state index contributed by atoms with van der Waals surface area (Å²) < 4.78 is 7.36. The van der Waals surface area contributed by atoms with Gasteiger partial charge >= 0.3 is 5.69 Å². The Morgan fingerprint density at radius 3 is 2.89 bits per heavy atom. The third kappa shape index (κ3) is 4.44. The van der Waals surface area contributed by atoms with Crippen LogP contribution in [0, 0.1) is 6.92 Å². The summed E-state index contributed by atoms with van der Waals surface area (Å²) in [5, 5.41) is 28.1. The minimum absolute atomic E-state index is 0.00283. The van der Waals surface area contributed by atoms with Gasteiger partial charge in [0.2, 0.25) is 12.0 Å². The SMILES string of the molecule is [CH2+]C1CN(C(O)c2cc(-c3cc(=NC4CC4)n4ncc(=Cc5[nH]c(=O)[nH]c5O)c4n3)cs2)CC(C)O1. The molecule has 1 saturated heterocycles. The molecule has 186 valence electrons. The van der Waals surface area contributed by atoms with Gasteiger partial charge in [-0.1, -0.05) is 0 Å². The number of H-pyrrole nitrogens is 2. The predicted molar refractivity (Wildman–Crippen MR) is 133 cm³/mol. The van der Waals surface area contributed by atoms with Crippen molar-refractivity contribution < 1.29 is 14.9 Å². The van der Waals surface area contributed by atoms with Gasteiger partial charge in [-0.3, -0.25) is 14.9 Å². The molecule has 0 spiro atoms. The Labute approximate surface area is 209 Å². The second kappa shape index (κ2) is 8.89. The van der Waals surface area contributed by atoms with Crippen molar-refractivity contribution >= 4 is 23.1 Å². The molecule has 0 radical (unpaired) electrons. The van der Waals surface area contributed by atoms with Crippen LogP contribution in [-0.2, 0) is 4.74 Å². The van der Waals surface area contributed by atoms with Crippen LogP contribution >= 0.6 is 11.3 Å². The van der Waals surface area contributed by atoms with Crippen LogP contribution in [-0.4, -0.2) is 71.0 Å². The lowest BCUT2D eigenvalue weighted by atomic mass is 10.2. The zero-order valence-corrected chi connectivity index (χ0v) is 20.4. The summed E-state index contributed by atoms with van der Waals surface area (Å²) in [5.41, 5.74) is 2.53. The number of ether oxygens (including phenoxy) is 1. The molecule has 1 aliphatic carbocycles. The molecule has 0 bridgehead atoms. The first-order valence-corrected chi connectivity index (χ1v) is 12.7. The highest BCUT2D eigenvalue weighted by Gasteiger charge is 2.31. The number of aliphatic hydroxyl groups excluding tert-OH is 1. The van der Waals surface area contributed by atoms with Crippen LogP contribution in [0.25, 0.3) is 23.0 Å². The maximum atomic E-state index is 11.6. The number of morpholine rings is 1. The third-order valence-electron chi connectivity index (χ3n) is 6.25. The van der Waals surface area contributed by atoms with Gasteiger partial charge in [0.1, 0.15) is 11.9 Å². The highest BCUT2D eigenvalue weighted by molar-refractivity contribution is 7.10. The average molecular weight is 509 g/mol. The number of hydrogen-bond donors (Lipinski definition) is 4. The van der Waals surface area contributed by atoms with Crippen molar-refractivity contribution in [3.05, 3.63) is 62.4 Å². The van der Waals surface area contributed by atoms with Gasteiger partial charge in [0.15, 0.2) is 11.1 Å². The second-order valence-electron chi connectivity index (χ2n) is 9.31. The van der Waals surface area contributed by atoms with E-state index < -0.39 is 11.9 Å². The van der Waals surface area contributed by atoms with Gasteiger partial charge in [-0.05, 0) is 31.9 Å². The number of nitrogens with zero attached hydrogens (tertiary/aromatic N) is 5. The Morgan fingerprint density at radius 2 is 2.17 bits per heavy atom. The molecule has 2 aliphatic rings. The van der Waals surface area contributed by atoms with Crippen molar-refractivity contribution in [1.82, 2.24) is 29.5 Å². The number of aromatic hydroxyl groups is 1. The lowest BCUT2D eigenvalue weighted by Crippen LogP contribution is -2.46.